The van der Waals surface area contributed by atoms with Crippen LogP contribution in [0.5, 0.6) is 0 Å². The Morgan fingerprint density at radius 1 is 1.45 bits per heavy atom. The summed E-state index contributed by atoms with van der Waals surface area (Å²) >= 11 is 5.19. The molecule has 0 saturated heterocycles. The number of rotatable bonds is 6. The molecule has 4 heteroatoms. The first kappa shape index (κ1) is 16.2. The molecule has 0 radical (unpaired) electrons. The average molecular weight is 315 g/mol. The SMILES string of the molecule is CCCCC(O)c1cccc([S+]([O-])C2CCCC2Cl)c1. The summed E-state index contributed by atoms with van der Waals surface area (Å²) in [4.78, 5) is 0.801. The maximum absolute atomic E-state index is 12.6. The number of hydrogen-bond donors (Lipinski definition) is 1. The lowest BCUT2D eigenvalue weighted by Gasteiger charge is -2.20. The van der Waals surface area contributed by atoms with Crippen LogP contribution in [0.4, 0.5) is 0 Å². The van der Waals surface area contributed by atoms with Gasteiger partial charge in [-0.15, -0.1) is 11.6 Å². The van der Waals surface area contributed by atoms with Crippen LogP contribution in [0.1, 0.15) is 57.1 Å². The third kappa shape index (κ3) is 3.91. The average Bonchev–Trinajstić information content (AvgIpc) is 2.90. The summed E-state index contributed by atoms with van der Waals surface area (Å²) in [6.07, 6.45) is 5.32. The Morgan fingerprint density at radius 2 is 2.25 bits per heavy atom. The highest BCUT2D eigenvalue weighted by molar-refractivity contribution is 7.92. The second-order valence-corrected chi connectivity index (χ2v) is 7.75. The zero-order valence-electron chi connectivity index (χ0n) is 11.9. The molecule has 1 saturated carbocycles. The quantitative estimate of drug-likeness (QED) is 0.632. The molecule has 0 spiro atoms. The number of hydrogen-bond acceptors (Lipinski definition) is 2. The molecule has 1 aliphatic carbocycles. The van der Waals surface area contributed by atoms with Gasteiger partial charge in [0.05, 0.1) is 11.5 Å². The van der Waals surface area contributed by atoms with E-state index in [-0.39, 0.29) is 10.6 Å². The van der Waals surface area contributed by atoms with Crippen LogP contribution >= 0.6 is 11.6 Å². The van der Waals surface area contributed by atoms with Gasteiger partial charge in [-0.1, -0.05) is 31.9 Å². The molecule has 1 aliphatic rings. The molecule has 2 nitrogen and oxygen atoms in total. The van der Waals surface area contributed by atoms with E-state index in [2.05, 4.69) is 6.92 Å². The molecule has 0 heterocycles. The van der Waals surface area contributed by atoms with Crippen LogP contribution in [0.15, 0.2) is 29.2 Å². The van der Waals surface area contributed by atoms with Gasteiger partial charge in [-0.2, -0.15) is 0 Å². The van der Waals surface area contributed by atoms with Crippen molar-refractivity contribution in [3.05, 3.63) is 29.8 Å². The fourth-order valence-corrected chi connectivity index (χ4v) is 4.87. The van der Waals surface area contributed by atoms with Gasteiger partial charge in [-0.3, -0.25) is 0 Å². The third-order valence-electron chi connectivity index (χ3n) is 3.95. The topological polar surface area (TPSA) is 43.3 Å². The van der Waals surface area contributed by atoms with E-state index in [4.69, 9.17) is 11.6 Å². The Labute approximate surface area is 129 Å². The van der Waals surface area contributed by atoms with Crippen LogP contribution in [-0.2, 0) is 11.2 Å². The smallest absolute Gasteiger partial charge is 0.153 e. The number of alkyl halides is 1. The van der Waals surface area contributed by atoms with E-state index in [1.54, 1.807) is 0 Å². The van der Waals surface area contributed by atoms with Crippen molar-refractivity contribution in [3.63, 3.8) is 0 Å². The number of halogens is 1. The minimum Gasteiger partial charge on any atom is -0.611 e. The third-order valence-corrected chi connectivity index (χ3v) is 6.46. The summed E-state index contributed by atoms with van der Waals surface area (Å²) in [5.74, 6) is 0. The lowest BCUT2D eigenvalue weighted by Crippen LogP contribution is -2.26. The molecule has 1 aromatic rings. The molecule has 0 aromatic heterocycles. The lowest BCUT2D eigenvalue weighted by molar-refractivity contribution is 0.164. The zero-order valence-corrected chi connectivity index (χ0v) is 13.5. The maximum atomic E-state index is 12.6. The largest absolute Gasteiger partial charge is 0.611 e. The van der Waals surface area contributed by atoms with Crippen LogP contribution in [-0.4, -0.2) is 20.3 Å². The molecule has 0 bridgehead atoms. The Hall–Kier alpha value is -0.220. The van der Waals surface area contributed by atoms with Crippen molar-refractivity contribution in [1.29, 1.82) is 0 Å². The van der Waals surface area contributed by atoms with Crippen LogP contribution in [0.3, 0.4) is 0 Å². The number of benzene rings is 1. The summed E-state index contributed by atoms with van der Waals surface area (Å²) < 4.78 is 12.6. The number of aliphatic hydroxyl groups excluding tert-OH is 1. The van der Waals surface area contributed by atoms with Crippen molar-refractivity contribution in [2.45, 2.75) is 67.1 Å². The Bertz CT molecular complexity index is 427. The van der Waals surface area contributed by atoms with Gasteiger partial charge < -0.3 is 9.66 Å². The predicted molar refractivity (Wildman–Crippen MR) is 84.6 cm³/mol. The van der Waals surface area contributed by atoms with Gasteiger partial charge in [0, 0.05) is 0 Å². The molecule has 4 atom stereocenters. The minimum atomic E-state index is -1.06. The van der Waals surface area contributed by atoms with Gasteiger partial charge >= 0.3 is 0 Å². The van der Waals surface area contributed by atoms with Crippen molar-refractivity contribution >= 4 is 22.8 Å². The standard InChI is InChI=1S/C16H23ClO2S/c1-2-3-9-15(18)12-6-4-7-13(11-12)20(19)16-10-5-8-14(16)17/h4,6-7,11,14-16,18H,2-3,5,8-10H2,1H3. The molecule has 1 fully saturated rings. The second kappa shape index (κ2) is 7.69. The number of aliphatic hydroxyl groups is 1. The maximum Gasteiger partial charge on any atom is 0.153 e. The molecular weight excluding hydrogens is 292 g/mol. The molecule has 112 valence electrons. The Morgan fingerprint density at radius 3 is 2.90 bits per heavy atom. The molecular formula is C16H23ClO2S. The van der Waals surface area contributed by atoms with Crippen LogP contribution in [0.2, 0.25) is 0 Å². The van der Waals surface area contributed by atoms with Crippen LogP contribution in [0.25, 0.3) is 0 Å². The highest BCUT2D eigenvalue weighted by Gasteiger charge is 2.36. The molecule has 1 N–H and O–H groups in total. The first-order valence-electron chi connectivity index (χ1n) is 7.46. The van der Waals surface area contributed by atoms with Crippen molar-refractivity contribution in [2.24, 2.45) is 0 Å². The van der Waals surface area contributed by atoms with E-state index >= 15 is 0 Å². The van der Waals surface area contributed by atoms with E-state index in [1.165, 1.54) is 0 Å². The highest BCUT2D eigenvalue weighted by Crippen LogP contribution is 2.34. The molecule has 2 rings (SSSR count). The van der Waals surface area contributed by atoms with E-state index in [0.717, 1.165) is 49.0 Å². The van der Waals surface area contributed by atoms with Gasteiger partial charge in [-0.25, -0.2) is 0 Å². The van der Waals surface area contributed by atoms with Gasteiger partial charge in [0.15, 0.2) is 4.90 Å². The van der Waals surface area contributed by atoms with Crippen LogP contribution < -0.4 is 0 Å². The molecule has 4 unspecified atom stereocenters. The molecule has 20 heavy (non-hydrogen) atoms. The molecule has 0 aliphatic heterocycles. The molecule has 0 amide bonds. The van der Waals surface area contributed by atoms with Crippen LogP contribution in [0, 0.1) is 0 Å². The summed E-state index contributed by atoms with van der Waals surface area (Å²) in [5, 5.41) is 10.2. The van der Waals surface area contributed by atoms with E-state index in [9.17, 15) is 9.66 Å². The second-order valence-electron chi connectivity index (χ2n) is 5.51. The predicted octanol–water partition coefficient (Wildman–Crippen LogP) is 4.18. The number of unbranched alkanes of at least 4 members (excludes halogenated alkanes) is 1. The summed E-state index contributed by atoms with van der Waals surface area (Å²) in [7, 11) is 0. The molecule has 1 aromatic carbocycles. The fourth-order valence-electron chi connectivity index (χ4n) is 2.71. The van der Waals surface area contributed by atoms with E-state index < -0.39 is 17.3 Å². The summed E-state index contributed by atoms with van der Waals surface area (Å²) in [6, 6.07) is 7.57. The van der Waals surface area contributed by atoms with Crippen molar-refractivity contribution < 1.29 is 9.66 Å². The minimum absolute atomic E-state index is 0.0181. The van der Waals surface area contributed by atoms with Gasteiger partial charge in [0.25, 0.3) is 0 Å². The van der Waals surface area contributed by atoms with Crippen molar-refractivity contribution in [3.8, 4) is 0 Å². The first-order valence-corrected chi connectivity index (χ1v) is 9.11. The summed E-state index contributed by atoms with van der Waals surface area (Å²) in [5.41, 5.74) is 0.869. The van der Waals surface area contributed by atoms with Gasteiger partial charge in [-0.05, 0) is 54.6 Å². The first-order chi connectivity index (χ1) is 9.63. The van der Waals surface area contributed by atoms with Gasteiger partial charge in [0.2, 0.25) is 0 Å². The fraction of sp³-hybridized carbons (Fsp3) is 0.625. The summed E-state index contributed by atoms with van der Waals surface area (Å²) in [6.45, 7) is 2.11. The Kier molecular flexibility index (Phi) is 6.21. The lowest BCUT2D eigenvalue weighted by atomic mass is 10.0. The monoisotopic (exact) mass is 314 g/mol. The normalized spacial score (nSPS) is 25.6. The highest BCUT2D eigenvalue weighted by atomic mass is 35.5. The van der Waals surface area contributed by atoms with E-state index in [1.807, 2.05) is 24.3 Å². The Balaban J connectivity index is 2.08. The van der Waals surface area contributed by atoms with Crippen molar-refractivity contribution in [1.82, 2.24) is 0 Å². The zero-order chi connectivity index (χ0) is 14.5. The van der Waals surface area contributed by atoms with E-state index in [0.29, 0.717) is 0 Å². The van der Waals surface area contributed by atoms with Crippen molar-refractivity contribution in [2.75, 3.05) is 0 Å². The van der Waals surface area contributed by atoms with Gasteiger partial charge in [0.1, 0.15) is 5.25 Å².